The molecule has 0 bridgehead atoms. The van der Waals surface area contributed by atoms with Gasteiger partial charge in [0.1, 0.15) is 0 Å². The predicted molar refractivity (Wildman–Crippen MR) is 57.4 cm³/mol. The highest BCUT2D eigenvalue weighted by molar-refractivity contribution is 7.92. The van der Waals surface area contributed by atoms with E-state index in [4.69, 9.17) is 18.0 Å². The van der Waals surface area contributed by atoms with Crippen LogP contribution in [0.2, 0.25) is 0 Å². The first-order valence-corrected chi connectivity index (χ1v) is 6.60. The maximum absolute atomic E-state index is 11.5. The highest BCUT2D eigenvalue weighted by Crippen LogP contribution is 2.30. The number of hydrogen-bond donors (Lipinski definition) is 1. The van der Waals surface area contributed by atoms with Gasteiger partial charge in [0.25, 0.3) is 0 Å². The van der Waals surface area contributed by atoms with Crippen molar-refractivity contribution < 1.29 is 8.42 Å². The van der Waals surface area contributed by atoms with Gasteiger partial charge in [0.2, 0.25) is 0 Å². The van der Waals surface area contributed by atoms with Crippen LogP contribution in [0.15, 0.2) is 0 Å². The van der Waals surface area contributed by atoms with Crippen molar-refractivity contribution in [2.45, 2.75) is 31.4 Å². The summed E-state index contributed by atoms with van der Waals surface area (Å²) in [6.45, 7) is 1.68. The molecule has 0 saturated heterocycles. The third kappa shape index (κ3) is 2.40. The van der Waals surface area contributed by atoms with Crippen molar-refractivity contribution in [2.24, 2.45) is 11.7 Å². The molecule has 1 aliphatic rings. The van der Waals surface area contributed by atoms with E-state index in [1.807, 2.05) is 0 Å². The quantitative estimate of drug-likeness (QED) is 0.719. The van der Waals surface area contributed by atoms with Crippen LogP contribution in [0.3, 0.4) is 0 Å². The molecule has 1 saturated carbocycles. The molecular weight excluding hydrogens is 206 g/mol. The average molecular weight is 221 g/mol. The first-order valence-electron chi connectivity index (χ1n) is 4.48. The monoisotopic (exact) mass is 221 g/mol. The molecule has 1 rings (SSSR count). The molecule has 0 amide bonds. The zero-order valence-corrected chi connectivity index (χ0v) is 9.33. The van der Waals surface area contributed by atoms with Crippen molar-refractivity contribution in [3.63, 3.8) is 0 Å². The van der Waals surface area contributed by atoms with E-state index >= 15 is 0 Å². The van der Waals surface area contributed by atoms with Crippen molar-refractivity contribution in [1.82, 2.24) is 0 Å². The standard InChI is InChI=1S/C8H15NO2S2/c1-2-13(10,11)7-4-3-6(5-7)8(9)12/h6-7H,2-5H2,1H3,(H2,9,12)/t6-,7-/m1/s1. The molecule has 1 fully saturated rings. The Labute approximate surface area is 84.6 Å². The second-order valence-electron chi connectivity index (χ2n) is 3.49. The van der Waals surface area contributed by atoms with E-state index in [9.17, 15) is 8.42 Å². The number of sulfone groups is 1. The number of rotatable bonds is 3. The molecule has 76 valence electrons. The molecule has 0 aromatic heterocycles. The number of thiocarbonyl (C=S) groups is 1. The molecule has 0 unspecified atom stereocenters. The van der Waals surface area contributed by atoms with Crippen LogP contribution in [0.1, 0.15) is 26.2 Å². The molecule has 0 spiro atoms. The molecule has 13 heavy (non-hydrogen) atoms. The van der Waals surface area contributed by atoms with Gasteiger partial charge >= 0.3 is 0 Å². The van der Waals surface area contributed by atoms with E-state index in [1.54, 1.807) is 6.92 Å². The Hall–Kier alpha value is -0.160. The Balaban J connectivity index is 2.65. The zero-order chi connectivity index (χ0) is 10.1. The summed E-state index contributed by atoms with van der Waals surface area (Å²) in [6, 6.07) is 0. The summed E-state index contributed by atoms with van der Waals surface area (Å²) in [4.78, 5) is 0.466. The normalized spacial score (nSPS) is 29.0. The van der Waals surface area contributed by atoms with Gasteiger partial charge in [-0.2, -0.15) is 0 Å². The van der Waals surface area contributed by atoms with Crippen LogP contribution >= 0.6 is 12.2 Å². The molecule has 0 aromatic carbocycles. The SMILES string of the molecule is CCS(=O)(=O)[C@@H]1CC[C@@H](C(N)=S)C1. The first-order chi connectivity index (χ1) is 5.97. The van der Waals surface area contributed by atoms with Gasteiger partial charge in [-0.3, -0.25) is 0 Å². The Morgan fingerprint density at radius 2 is 2.15 bits per heavy atom. The van der Waals surface area contributed by atoms with Gasteiger partial charge in [0.15, 0.2) is 9.84 Å². The Bertz CT molecular complexity index is 297. The van der Waals surface area contributed by atoms with Crippen LogP contribution in [-0.2, 0) is 9.84 Å². The third-order valence-corrected chi connectivity index (χ3v) is 5.28. The van der Waals surface area contributed by atoms with Gasteiger partial charge in [-0.05, 0) is 19.3 Å². The first kappa shape index (κ1) is 10.9. The van der Waals surface area contributed by atoms with Crippen LogP contribution in [0.25, 0.3) is 0 Å². The van der Waals surface area contributed by atoms with Crippen molar-refractivity contribution in [2.75, 3.05) is 5.75 Å². The molecule has 2 N–H and O–H groups in total. The second-order valence-corrected chi connectivity index (χ2v) is 6.53. The minimum atomic E-state index is -2.88. The van der Waals surface area contributed by atoms with Crippen LogP contribution in [-0.4, -0.2) is 24.4 Å². The van der Waals surface area contributed by atoms with Gasteiger partial charge < -0.3 is 5.73 Å². The topological polar surface area (TPSA) is 60.2 Å². The van der Waals surface area contributed by atoms with E-state index in [0.29, 0.717) is 11.4 Å². The van der Waals surface area contributed by atoms with E-state index in [0.717, 1.165) is 12.8 Å². The lowest BCUT2D eigenvalue weighted by Crippen LogP contribution is -2.23. The fourth-order valence-corrected chi connectivity index (χ4v) is 3.47. The van der Waals surface area contributed by atoms with Gasteiger partial charge in [0.05, 0.1) is 10.2 Å². The van der Waals surface area contributed by atoms with Gasteiger partial charge in [-0.1, -0.05) is 19.1 Å². The van der Waals surface area contributed by atoms with E-state index in [1.165, 1.54) is 0 Å². The summed E-state index contributed by atoms with van der Waals surface area (Å²) in [5, 5.41) is -0.205. The van der Waals surface area contributed by atoms with Crippen LogP contribution < -0.4 is 5.73 Å². The largest absolute Gasteiger partial charge is 0.393 e. The number of hydrogen-bond acceptors (Lipinski definition) is 3. The van der Waals surface area contributed by atoms with E-state index in [2.05, 4.69) is 0 Å². The van der Waals surface area contributed by atoms with Gasteiger partial charge in [-0.15, -0.1) is 0 Å². The molecule has 0 aromatic rings. The summed E-state index contributed by atoms with van der Waals surface area (Å²) < 4.78 is 23.0. The summed E-state index contributed by atoms with van der Waals surface area (Å²) in [6.07, 6.45) is 2.18. The van der Waals surface area contributed by atoms with Crippen LogP contribution in [0.4, 0.5) is 0 Å². The lowest BCUT2D eigenvalue weighted by molar-refractivity contribution is 0.579. The fourth-order valence-electron chi connectivity index (χ4n) is 1.76. The molecule has 0 aliphatic heterocycles. The van der Waals surface area contributed by atoms with E-state index < -0.39 is 9.84 Å². The molecule has 2 atom stereocenters. The highest BCUT2D eigenvalue weighted by Gasteiger charge is 2.33. The molecule has 1 aliphatic carbocycles. The third-order valence-electron chi connectivity index (χ3n) is 2.70. The van der Waals surface area contributed by atoms with Crippen molar-refractivity contribution in [1.29, 1.82) is 0 Å². The van der Waals surface area contributed by atoms with Crippen LogP contribution in [0.5, 0.6) is 0 Å². The molecule has 3 nitrogen and oxygen atoms in total. The maximum Gasteiger partial charge on any atom is 0.152 e. The molecular formula is C8H15NO2S2. The fraction of sp³-hybridized carbons (Fsp3) is 0.875. The minimum Gasteiger partial charge on any atom is -0.393 e. The predicted octanol–water partition coefficient (Wildman–Crippen LogP) is 0.876. The Morgan fingerprint density at radius 1 is 1.54 bits per heavy atom. The van der Waals surface area contributed by atoms with Crippen LogP contribution in [0, 0.1) is 5.92 Å². The van der Waals surface area contributed by atoms with Crippen molar-refractivity contribution in [3.05, 3.63) is 0 Å². The number of nitrogens with two attached hydrogens (primary N) is 1. The maximum atomic E-state index is 11.5. The summed E-state index contributed by atoms with van der Waals surface area (Å²) in [5.74, 6) is 0.364. The smallest absolute Gasteiger partial charge is 0.152 e. The Morgan fingerprint density at radius 3 is 2.54 bits per heavy atom. The molecule has 5 heteroatoms. The minimum absolute atomic E-state index is 0.140. The van der Waals surface area contributed by atoms with Gasteiger partial charge in [-0.25, -0.2) is 8.42 Å². The second kappa shape index (κ2) is 3.92. The average Bonchev–Trinajstić information content (AvgIpc) is 2.52. The summed E-state index contributed by atoms with van der Waals surface area (Å²) in [7, 11) is -2.88. The van der Waals surface area contributed by atoms with Gasteiger partial charge in [0, 0.05) is 11.7 Å². The summed E-state index contributed by atoms with van der Waals surface area (Å²) in [5.41, 5.74) is 5.48. The molecule has 0 heterocycles. The Kier molecular flexibility index (Phi) is 3.29. The summed E-state index contributed by atoms with van der Waals surface area (Å²) >= 11 is 4.85. The van der Waals surface area contributed by atoms with E-state index in [-0.39, 0.29) is 16.9 Å². The van der Waals surface area contributed by atoms with Crippen molar-refractivity contribution >= 4 is 27.0 Å². The highest BCUT2D eigenvalue weighted by atomic mass is 32.2. The lowest BCUT2D eigenvalue weighted by Gasteiger charge is -2.09. The van der Waals surface area contributed by atoms with Crippen molar-refractivity contribution in [3.8, 4) is 0 Å². The molecule has 0 radical (unpaired) electrons. The lowest BCUT2D eigenvalue weighted by atomic mass is 10.1. The zero-order valence-electron chi connectivity index (χ0n) is 7.69.